The van der Waals surface area contributed by atoms with Gasteiger partial charge in [0.05, 0.1) is 18.2 Å². The molecule has 1 heterocycles. The predicted octanol–water partition coefficient (Wildman–Crippen LogP) is 1.21. The molecule has 1 fully saturated rings. The highest BCUT2D eigenvalue weighted by atomic mass is 16.5. The molecule has 2 unspecified atom stereocenters. The summed E-state index contributed by atoms with van der Waals surface area (Å²) in [6, 6.07) is 0. The zero-order valence-corrected chi connectivity index (χ0v) is 12.2. The van der Waals surface area contributed by atoms with Crippen LogP contribution < -0.4 is 11.1 Å². The topological polar surface area (TPSA) is 73.6 Å². The Kier molecular flexibility index (Phi) is 7.34. The van der Waals surface area contributed by atoms with E-state index in [0.717, 1.165) is 58.5 Å². The quantitative estimate of drug-likeness (QED) is 0.586. The molecule has 5 nitrogen and oxygen atoms in total. The number of hydrogen-bond acceptors (Lipinski definition) is 4. The lowest BCUT2D eigenvalue weighted by Crippen LogP contribution is -2.53. The number of carbonyl (C=O) groups excluding carboxylic acids is 1. The fourth-order valence-electron chi connectivity index (χ4n) is 2.17. The molecule has 2 atom stereocenters. The Morgan fingerprint density at radius 3 is 2.89 bits per heavy atom. The summed E-state index contributed by atoms with van der Waals surface area (Å²) in [5.41, 5.74) is 4.89. The molecule has 0 aliphatic carbocycles. The lowest BCUT2D eigenvalue weighted by Gasteiger charge is -2.27. The van der Waals surface area contributed by atoms with Crippen LogP contribution in [0.5, 0.6) is 0 Å². The van der Waals surface area contributed by atoms with Crippen molar-refractivity contribution >= 4 is 5.91 Å². The number of primary amides is 1. The fraction of sp³-hybridized carbons (Fsp3) is 0.929. The van der Waals surface area contributed by atoms with Crippen LogP contribution >= 0.6 is 0 Å². The summed E-state index contributed by atoms with van der Waals surface area (Å²) < 4.78 is 10.9. The van der Waals surface area contributed by atoms with Crippen LogP contribution in [0.1, 0.15) is 46.0 Å². The average molecular weight is 272 g/mol. The SMILES string of the molecule is CCCNC(C)(CCCCOC1CCOC1)C(N)=O. The normalized spacial score (nSPS) is 22.3. The largest absolute Gasteiger partial charge is 0.379 e. The van der Waals surface area contributed by atoms with E-state index >= 15 is 0 Å². The number of unbranched alkanes of at least 4 members (excludes halogenated alkanes) is 1. The van der Waals surface area contributed by atoms with Gasteiger partial charge in [-0.05, 0) is 45.6 Å². The van der Waals surface area contributed by atoms with Gasteiger partial charge in [-0.3, -0.25) is 4.79 Å². The molecular formula is C14H28N2O3. The first-order valence-electron chi connectivity index (χ1n) is 7.33. The molecule has 1 amide bonds. The van der Waals surface area contributed by atoms with E-state index in [1.165, 1.54) is 0 Å². The zero-order chi connectivity index (χ0) is 14.1. The van der Waals surface area contributed by atoms with Crippen LogP contribution in [0, 0.1) is 0 Å². The summed E-state index contributed by atoms with van der Waals surface area (Å²) in [4.78, 5) is 11.5. The van der Waals surface area contributed by atoms with E-state index in [9.17, 15) is 4.79 Å². The third-order valence-corrected chi connectivity index (χ3v) is 3.62. The van der Waals surface area contributed by atoms with E-state index in [2.05, 4.69) is 12.2 Å². The van der Waals surface area contributed by atoms with E-state index in [0.29, 0.717) is 0 Å². The molecule has 0 saturated carbocycles. The molecule has 1 rings (SSSR count). The van der Waals surface area contributed by atoms with Crippen LogP contribution in [-0.2, 0) is 14.3 Å². The highest BCUT2D eigenvalue weighted by Crippen LogP contribution is 2.15. The van der Waals surface area contributed by atoms with E-state index < -0.39 is 5.54 Å². The summed E-state index contributed by atoms with van der Waals surface area (Å²) >= 11 is 0. The second-order valence-corrected chi connectivity index (χ2v) is 5.44. The summed E-state index contributed by atoms with van der Waals surface area (Å²) in [7, 11) is 0. The second kappa shape index (κ2) is 8.51. The molecule has 1 aliphatic rings. The van der Waals surface area contributed by atoms with Crippen LogP contribution in [-0.4, -0.2) is 43.9 Å². The van der Waals surface area contributed by atoms with E-state index in [1.807, 2.05) is 6.92 Å². The Bertz CT molecular complexity index is 267. The van der Waals surface area contributed by atoms with Gasteiger partial charge in [-0.1, -0.05) is 6.92 Å². The van der Waals surface area contributed by atoms with Crippen LogP contribution in [0.2, 0.25) is 0 Å². The van der Waals surface area contributed by atoms with E-state index in [1.54, 1.807) is 0 Å². The molecule has 19 heavy (non-hydrogen) atoms. The number of ether oxygens (including phenoxy) is 2. The fourth-order valence-corrected chi connectivity index (χ4v) is 2.17. The first-order chi connectivity index (χ1) is 9.08. The van der Waals surface area contributed by atoms with Crippen molar-refractivity contribution in [1.29, 1.82) is 0 Å². The molecule has 0 bridgehead atoms. The summed E-state index contributed by atoms with van der Waals surface area (Å²) in [5, 5.41) is 3.24. The van der Waals surface area contributed by atoms with Gasteiger partial charge in [0.2, 0.25) is 5.91 Å². The van der Waals surface area contributed by atoms with Crippen molar-refractivity contribution in [2.45, 2.75) is 57.6 Å². The minimum Gasteiger partial charge on any atom is -0.379 e. The Labute approximate surface area is 116 Å². The van der Waals surface area contributed by atoms with Gasteiger partial charge in [0, 0.05) is 13.2 Å². The van der Waals surface area contributed by atoms with Gasteiger partial charge in [0.25, 0.3) is 0 Å². The molecule has 5 heteroatoms. The van der Waals surface area contributed by atoms with Crippen molar-refractivity contribution < 1.29 is 14.3 Å². The van der Waals surface area contributed by atoms with Crippen LogP contribution in [0.15, 0.2) is 0 Å². The maximum Gasteiger partial charge on any atom is 0.237 e. The monoisotopic (exact) mass is 272 g/mol. The maximum absolute atomic E-state index is 11.5. The van der Waals surface area contributed by atoms with Gasteiger partial charge in [-0.2, -0.15) is 0 Å². The molecule has 0 radical (unpaired) electrons. The van der Waals surface area contributed by atoms with Crippen molar-refractivity contribution in [3.63, 3.8) is 0 Å². The summed E-state index contributed by atoms with van der Waals surface area (Å²) in [6.07, 6.45) is 4.90. The second-order valence-electron chi connectivity index (χ2n) is 5.44. The Morgan fingerprint density at radius 2 is 2.32 bits per heavy atom. The minimum absolute atomic E-state index is 0.265. The molecule has 3 N–H and O–H groups in total. The Morgan fingerprint density at radius 1 is 1.53 bits per heavy atom. The standard InChI is InChI=1S/C14H28N2O3/c1-3-8-16-14(2,13(15)17)7-4-5-9-19-12-6-10-18-11-12/h12,16H,3-11H2,1-2H3,(H2,15,17). The first-order valence-corrected chi connectivity index (χ1v) is 7.33. The van der Waals surface area contributed by atoms with Crippen LogP contribution in [0.25, 0.3) is 0 Å². The Hall–Kier alpha value is -0.650. The van der Waals surface area contributed by atoms with Gasteiger partial charge in [-0.15, -0.1) is 0 Å². The van der Waals surface area contributed by atoms with Gasteiger partial charge in [0.15, 0.2) is 0 Å². The number of carbonyl (C=O) groups is 1. The number of rotatable bonds is 10. The number of hydrogen-bond donors (Lipinski definition) is 2. The first kappa shape index (κ1) is 16.4. The zero-order valence-electron chi connectivity index (χ0n) is 12.2. The van der Waals surface area contributed by atoms with E-state index in [4.69, 9.17) is 15.2 Å². The summed E-state index contributed by atoms with van der Waals surface area (Å²) in [5.74, 6) is -0.272. The lowest BCUT2D eigenvalue weighted by atomic mass is 9.94. The third-order valence-electron chi connectivity index (χ3n) is 3.62. The van der Waals surface area contributed by atoms with Crippen LogP contribution in [0.4, 0.5) is 0 Å². The van der Waals surface area contributed by atoms with Crippen molar-refractivity contribution in [2.24, 2.45) is 5.73 Å². The molecule has 1 saturated heterocycles. The van der Waals surface area contributed by atoms with Crippen molar-refractivity contribution in [2.75, 3.05) is 26.4 Å². The lowest BCUT2D eigenvalue weighted by molar-refractivity contribution is -0.124. The van der Waals surface area contributed by atoms with E-state index in [-0.39, 0.29) is 12.0 Å². The molecular weight excluding hydrogens is 244 g/mol. The predicted molar refractivity (Wildman–Crippen MR) is 74.9 cm³/mol. The van der Waals surface area contributed by atoms with Gasteiger partial charge in [-0.25, -0.2) is 0 Å². The molecule has 1 aliphatic heterocycles. The molecule has 0 spiro atoms. The van der Waals surface area contributed by atoms with Crippen molar-refractivity contribution in [3.8, 4) is 0 Å². The molecule has 0 aromatic carbocycles. The van der Waals surface area contributed by atoms with Gasteiger partial charge < -0.3 is 20.5 Å². The van der Waals surface area contributed by atoms with Gasteiger partial charge in [0.1, 0.15) is 0 Å². The van der Waals surface area contributed by atoms with Crippen LogP contribution in [0.3, 0.4) is 0 Å². The Balaban J connectivity index is 2.15. The van der Waals surface area contributed by atoms with Gasteiger partial charge >= 0.3 is 0 Å². The average Bonchev–Trinajstić information content (AvgIpc) is 2.89. The number of nitrogens with two attached hydrogens (primary N) is 1. The molecule has 0 aromatic heterocycles. The molecule has 112 valence electrons. The summed E-state index contributed by atoms with van der Waals surface area (Å²) in [6.45, 7) is 7.04. The van der Waals surface area contributed by atoms with Crippen molar-refractivity contribution in [1.82, 2.24) is 5.32 Å². The molecule has 0 aromatic rings. The minimum atomic E-state index is -0.591. The smallest absolute Gasteiger partial charge is 0.237 e. The number of nitrogens with one attached hydrogen (secondary N) is 1. The highest BCUT2D eigenvalue weighted by Gasteiger charge is 2.29. The highest BCUT2D eigenvalue weighted by molar-refractivity contribution is 5.84. The maximum atomic E-state index is 11.5. The third kappa shape index (κ3) is 5.89. The van der Waals surface area contributed by atoms with Crippen molar-refractivity contribution in [3.05, 3.63) is 0 Å². The number of amides is 1.